The summed E-state index contributed by atoms with van der Waals surface area (Å²) < 4.78 is 29.7. The van der Waals surface area contributed by atoms with Crippen LogP contribution in [0, 0.1) is 0 Å². The number of carbonyl (C=O) groups is 1. The predicted molar refractivity (Wildman–Crippen MR) is 82.8 cm³/mol. The first-order valence-electron chi connectivity index (χ1n) is 6.20. The molecule has 0 saturated carbocycles. The number of rotatable bonds is 7. The van der Waals surface area contributed by atoms with Crippen molar-refractivity contribution in [1.29, 1.82) is 0 Å². The van der Waals surface area contributed by atoms with Gasteiger partial charge in [0.25, 0.3) is 0 Å². The fourth-order valence-electron chi connectivity index (χ4n) is 1.65. The Morgan fingerprint density at radius 3 is 2.71 bits per heavy atom. The summed E-state index contributed by atoms with van der Waals surface area (Å²) in [5.74, 6) is -0.276. The Morgan fingerprint density at radius 2 is 2.14 bits per heavy atom. The van der Waals surface area contributed by atoms with Crippen LogP contribution in [0.2, 0.25) is 0 Å². The van der Waals surface area contributed by atoms with Crippen LogP contribution in [0.4, 0.5) is 8.78 Å². The highest BCUT2D eigenvalue weighted by atomic mass is 79.9. The van der Waals surface area contributed by atoms with Crippen molar-refractivity contribution in [2.45, 2.75) is 39.0 Å². The standard InChI is InChI=1S/C13H17BrF2N2O2.ClH/c1-2-3-10(17)12(19)18-7-8-6-9(14)4-5-11(8)20-13(15)16;/h4-6,10,13H,2-3,7,17H2,1H3,(H,18,19);1H. The smallest absolute Gasteiger partial charge is 0.387 e. The molecule has 0 saturated heterocycles. The van der Waals surface area contributed by atoms with Crippen LogP contribution in [0.5, 0.6) is 5.75 Å². The Hall–Kier alpha value is -0.920. The van der Waals surface area contributed by atoms with Gasteiger partial charge in [0.05, 0.1) is 6.04 Å². The van der Waals surface area contributed by atoms with Gasteiger partial charge in [-0.1, -0.05) is 29.3 Å². The Balaban J connectivity index is 0.00000400. The third kappa shape index (κ3) is 7.06. The van der Waals surface area contributed by atoms with Crippen LogP contribution in [-0.2, 0) is 11.3 Å². The molecule has 0 spiro atoms. The van der Waals surface area contributed by atoms with Crippen LogP contribution in [-0.4, -0.2) is 18.6 Å². The first kappa shape index (κ1) is 20.1. The van der Waals surface area contributed by atoms with E-state index in [2.05, 4.69) is 26.0 Å². The van der Waals surface area contributed by atoms with E-state index in [1.165, 1.54) is 6.07 Å². The summed E-state index contributed by atoms with van der Waals surface area (Å²) in [6.45, 7) is -0.902. The molecule has 8 heteroatoms. The second-order valence-corrected chi connectivity index (χ2v) is 5.16. The second kappa shape index (κ2) is 9.92. The van der Waals surface area contributed by atoms with Crippen molar-refractivity contribution in [2.24, 2.45) is 5.73 Å². The summed E-state index contributed by atoms with van der Waals surface area (Å²) >= 11 is 3.24. The van der Waals surface area contributed by atoms with Crippen molar-refractivity contribution in [3.8, 4) is 5.75 Å². The van der Waals surface area contributed by atoms with Crippen LogP contribution in [0.1, 0.15) is 25.3 Å². The Labute approximate surface area is 137 Å². The Bertz CT molecular complexity index is 464. The lowest BCUT2D eigenvalue weighted by atomic mass is 10.1. The third-order valence-corrected chi connectivity index (χ3v) is 3.12. The second-order valence-electron chi connectivity index (χ2n) is 4.24. The molecule has 3 N–H and O–H groups in total. The number of halogens is 4. The van der Waals surface area contributed by atoms with Gasteiger partial charge in [0.2, 0.25) is 5.91 Å². The summed E-state index contributed by atoms with van der Waals surface area (Å²) in [6, 6.07) is 4.03. The maximum atomic E-state index is 12.3. The molecule has 0 fully saturated rings. The largest absolute Gasteiger partial charge is 0.434 e. The monoisotopic (exact) mass is 386 g/mol. The van der Waals surface area contributed by atoms with Crippen molar-refractivity contribution in [2.75, 3.05) is 0 Å². The average Bonchev–Trinajstić information content (AvgIpc) is 2.38. The number of ether oxygens (including phenoxy) is 1. The van der Waals surface area contributed by atoms with E-state index in [4.69, 9.17) is 5.73 Å². The molecule has 1 atom stereocenters. The predicted octanol–water partition coefficient (Wildman–Crippen LogP) is 3.22. The average molecular weight is 388 g/mol. The maximum absolute atomic E-state index is 12.3. The van der Waals surface area contributed by atoms with E-state index in [0.29, 0.717) is 16.5 Å². The lowest BCUT2D eigenvalue weighted by Crippen LogP contribution is -2.40. The van der Waals surface area contributed by atoms with Gasteiger partial charge in [-0.15, -0.1) is 12.4 Å². The van der Waals surface area contributed by atoms with Gasteiger partial charge in [-0.3, -0.25) is 4.79 Å². The van der Waals surface area contributed by atoms with Crippen LogP contribution in [0.3, 0.4) is 0 Å². The van der Waals surface area contributed by atoms with Gasteiger partial charge in [-0.2, -0.15) is 8.78 Å². The van der Waals surface area contributed by atoms with E-state index in [1.807, 2.05) is 6.92 Å². The minimum atomic E-state index is -2.91. The highest BCUT2D eigenvalue weighted by Gasteiger charge is 2.14. The molecule has 1 rings (SSSR count). The zero-order valence-electron chi connectivity index (χ0n) is 11.4. The molecule has 1 aromatic rings. The zero-order chi connectivity index (χ0) is 15.1. The summed E-state index contributed by atoms with van der Waals surface area (Å²) in [5.41, 5.74) is 6.12. The van der Waals surface area contributed by atoms with Gasteiger partial charge < -0.3 is 15.8 Å². The maximum Gasteiger partial charge on any atom is 0.387 e. The number of amides is 1. The highest BCUT2D eigenvalue weighted by molar-refractivity contribution is 9.10. The molecule has 4 nitrogen and oxygen atoms in total. The van der Waals surface area contributed by atoms with Crippen molar-refractivity contribution in [1.82, 2.24) is 5.32 Å². The molecule has 0 bridgehead atoms. The minimum Gasteiger partial charge on any atom is -0.434 e. The Kier molecular flexibility index (Phi) is 9.48. The lowest BCUT2D eigenvalue weighted by Gasteiger charge is -2.14. The van der Waals surface area contributed by atoms with Gasteiger partial charge in [-0.05, 0) is 24.6 Å². The van der Waals surface area contributed by atoms with Gasteiger partial charge >= 0.3 is 6.61 Å². The molecule has 0 heterocycles. The molecule has 1 unspecified atom stereocenters. The first-order chi connectivity index (χ1) is 9.43. The van der Waals surface area contributed by atoms with Crippen molar-refractivity contribution in [3.63, 3.8) is 0 Å². The molecule has 0 aliphatic rings. The van der Waals surface area contributed by atoms with Gasteiger partial charge in [0.1, 0.15) is 5.75 Å². The fraction of sp³-hybridized carbons (Fsp3) is 0.462. The van der Waals surface area contributed by atoms with E-state index in [9.17, 15) is 13.6 Å². The van der Waals surface area contributed by atoms with E-state index in [-0.39, 0.29) is 30.6 Å². The fourth-order valence-corrected chi connectivity index (χ4v) is 2.06. The molecule has 21 heavy (non-hydrogen) atoms. The van der Waals surface area contributed by atoms with Gasteiger partial charge in [-0.25, -0.2) is 0 Å². The number of nitrogens with two attached hydrogens (primary N) is 1. The molecule has 0 aliphatic heterocycles. The van der Waals surface area contributed by atoms with Crippen LogP contribution in [0.15, 0.2) is 22.7 Å². The Morgan fingerprint density at radius 1 is 1.48 bits per heavy atom. The molecule has 0 radical (unpaired) electrons. The normalized spacial score (nSPS) is 11.7. The number of hydrogen-bond acceptors (Lipinski definition) is 3. The van der Waals surface area contributed by atoms with Crippen LogP contribution < -0.4 is 15.8 Å². The summed E-state index contributed by atoms with van der Waals surface area (Å²) in [7, 11) is 0. The van der Waals surface area contributed by atoms with E-state index >= 15 is 0 Å². The first-order valence-corrected chi connectivity index (χ1v) is 6.99. The molecule has 1 aromatic carbocycles. The van der Waals surface area contributed by atoms with Crippen molar-refractivity contribution >= 4 is 34.2 Å². The lowest BCUT2D eigenvalue weighted by molar-refractivity contribution is -0.122. The highest BCUT2D eigenvalue weighted by Crippen LogP contribution is 2.24. The number of nitrogens with one attached hydrogen (secondary N) is 1. The number of alkyl halides is 2. The van der Waals surface area contributed by atoms with Crippen molar-refractivity contribution in [3.05, 3.63) is 28.2 Å². The SMILES string of the molecule is CCCC(N)C(=O)NCc1cc(Br)ccc1OC(F)F.Cl. The van der Waals surface area contributed by atoms with Gasteiger partial charge in [0, 0.05) is 16.6 Å². The van der Waals surface area contributed by atoms with Crippen LogP contribution >= 0.6 is 28.3 Å². The topological polar surface area (TPSA) is 64.4 Å². The zero-order valence-corrected chi connectivity index (χ0v) is 13.8. The minimum absolute atomic E-state index is 0. The summed E-state index contributed by atoms with van der Waals surface area (Å²) in [5, 5.41) is 2.61. The third-order valence-electron chi connectivity index (χ3n) is 2.63. The summed E-state index contributed by atoms with van der Waals surface area (Å²) in [6.07, 6.45) is 1.37. The molecular formula is C13H18BrClF2N2O2. The number of hydrogen-bond donors (Lipinski definition) is 2. The van der Waals surface area contributed by atoms with Crippen LogP contribution in [0.25, 0.3) is 0 Å². The number of carbonyl (C=O) groups excluding carboxylic acids is 1. The van der Waals surface area contributed by atoms with E-state index in [0.717, 1.165) is 6.42 Å². The molecular weight excluding hydrogens is 370 g/mol. The van der Waals surface area contributed by atoms with E-state index in [1.54, 1.807) is 12.1 Å². The molecule has 0 aliphatic carbocycles. The molecule has 120 valence electrons. The van der Waals surface area contributed by atoms with Crippen molar-refractivity contribution < 1.29 is 18.3 Å². The van der Waals surface area contributed by atoms with E-state index < -0.39 is 12.7 Å². The quantitative estimate of drug-likeness (QED) is 0.755. The number of benzene rings is 1. The molecule has 0 aromatic heterocycles. The molecule has 1 amide bonds. The summed E-state index contributed by atoms with van der Waals surface area (Å²) in [4.78, 5) is 11.7. The van der Waals surface area contributed by atoms with Gasteiger partial charge in [0.15, 0.2) is 0 Å².